The second-order valence-electron chi connectivity index (χ2n) is 20.8. The van der Waals surface area contributed by atoms with E-state index in [1.807, 2.05) is 31.1 Å². The van der Waals surface area contributed by atoms with Gasteiger partial charge in [-0.2, -0.15) is 0 Å². The molecule has 10 heteroatoms. The third-order valence-electron chi connectivity index (χ3n) is 15.0. The Morgan fingerprint density at radius 2 is 1.65 bits per heavy atom. The second kappa shape index (κ2) is 17.6. The van der Waals surface area contributed by atoms with Crippen LogP contribution in [-0.2, 0) is 38.6 Å². The highest BCUT2D eigenvalue weighted by molar-refractivity contribution is 6.76. The first-order valence-electron chi connectivity index (χ1n) is 23.7. The molecule has 1 spiro atoms. The molecule has 0 unspecified atom stereocenters. The largest absolute Gasteiger partial charge is 0.469 e. The molecule has 3 aliphatic carbocycles. The summed E-state index contributed by atoms with van der Waals surface area (Å²) >= 11 is 0. The number of likely N-dealkylation sites (tertiary alicyclic amines) is 1. The predicted octanol–water partition coefficient (Wildman–Crippen LogP) is 11.4. The number of carbonyl (C=O) groups is 2. The van der Waals surface area contributed by atoms with Crippen molar-refractivity contribution in [2.45, 2.75) is 148 Å². The highest BCUT2D eigenvalue weighted by Crippen LogP contribution is 2.53. The first-order chi connectivity index (χ1) is 29.9. The highest BCUT2D eigenvalue weighted by Gasteiger charge is 2.42. The monoisotopic (exact) mass is 853 g/mol. The van der Waals surface area contributed by atoms with Crippen molar-refractivity contribution in [2.24, 2.45) is 22.2 Å². The molecule has 9 rings (SSSR count). The average Bonchev–Trinajstić information content (AvgIpc) is 4.12. The number of pyridine rings is 1. The number of aromatic nitrogens is 3. The van der Waals surface area contributed by atoms with E-state index in [4.69, 9.17) is 24.4 Å². The summed E-state index contributed by atoms with van der Waals surface area (Å²) < 4.78 is 13.8. The minimum absolute atomic E-state index is 0.0337. The lowest BCUT2D eigenvalue weighted by Crippen LogP contribution is -2.45. The van der Waals surface area contributed by atoms with Crippen molar-refractivity contribution >= 4 is 42.3 Å². The van der Waals surface area contributed by atoms with Gasteiger partial charge in [-0.25, -0.2) is 4.98 Å². The van der Waals surface area contributed by atoms with Gasteiger partial charge in [0.1, 0.15) is 12.6 Å². The van der Waals surface area contributed by atoms with Gasteiger partial charge in [-0.05, 0) is 120 Å². The van der Waals surface area contributed by atoms with E-state index in [9.17, 15) is 9.59 Å². The van der Waals surface area contributed by atoms with Crippen molar-refractivity contribution in [1.82, 2.24) is 19.4 Å². The normalized spacial score (nSPS) is 20.4. The van der Waals surface area contributed by atoms with Gasteiger partial charge in [-0.1, -0.05) is 83.4 Å². The molecule has 62 heavy (non-hydrogen) atoms. The van der Waals surface area contributed by atoms with Crippen LogP contribution in [0.4, 0.5) is 0 Å². The number of methoxy groups -OCH3 is 1. The number of allylic oxidation sites excluding steroid dienone is 1. The van der Waals surface area contributed by atoms with Gasteiger partial charge in [0, 0.05) is 57.2 Å². The summed E-state index contributed by atoms with van der Waals surface area (Å²) in [6, 6.07) is 17.2. The maximum absolute atomic E-state index is 13.8. The number of fused-ring (bicyclic) bond motifs is 2. The molecule has 1 saturated heterocycles. The van der Waals surface area contributed by atoms with E-state index in [2.05, 4.69) is 66.7 Å². The molecule has 2 saturated carbocycles. The molecule has 0 N–H and O–H groups in total. The third kappa shape index (κ3) is 8.62. The van der Waals surface area contributed by atoms with Crippen molar-refractivity contribution in [1.29, 1.82) is 0 Å². The van der Waals surface area contributed by atoms with Crippen molar-refractivity contribution in [3.8, 4) is 22.4 Å². The molecule has 5 aliphatic rings. The summed E-state index contributed by atoms with van der Waals surface area (Å²) in [5.41, 5.74) is 13.7. The summed E-state index contributed by atoms with van der Waals surface area (Å²) in [5, 5.41) is 0. The van der Waals surface area contributed by atoms with Gasteiger partial charge < -0.3 is 18.9 Å². The molecule has 9 nitrogen and oxygen atoms in total. The lowest BCUT2D eigenvalue weighted by atomic mass is 9.82. The Hall–Kier alpha value is -4.41. The predicted molar refractivity (Wildman–Crippen MR) is 252 cm³/mol. The number of carbonyl (C=O) groups excluding carboxylic acids is 2. The molecule has 2 aromatic carbocycles. The zero-order valence-electron chi connectivity index (χ0n) is 38.1. The van der Waals surface area contributed by atoms with E-state index in [1.165, 1.54) is 97.6 Å². The molecule has 4 aromatic rings. The fraction of sp³-hybridized carbons (Fsp3) is 0.558. The number of benzene rings is 2. The van der Waals surface area contributed by atoms with Crippen molar-refractivity contribution in [2.75, 3.05) is 20.3 Å². The van der Waals surface area contributed by atoms with Crippen LogP contribution < -0.4 is 0 Å². The summed E-state index contributed by atoms with van der Waals surface area (Å²) in [7, 11) is 0.192. The van der Waals surface area contributed by atoms with Gasteiger partial charge in [0.05, 0.1) is 42.2 Å². The lowest BCUT2D eigenvalue weighted by Gasteiger charge is -2.30. The number of rotatable bonds is 14. The first-order valence-corrected chi connectivity index (χ1v) is 27.4. The number of imidazole rings is 1. The maximum atomic E-state index is 13.8. The van der Waals surface area contributed by atoms with Crippen LogP contribution in [0.15, 0.2) is 59.9 Å². The highest BCUT2D eigenvalue weighted by atomic mass is 28.3. The first kappa shape index (κ1) is 42.9. The van der Waals surface area contributed by atoms with Gasteiger partial charge in [0.2, 0.25) is 5.91 Å². The van der Waals surface area contributed by atoms with Crippen LogP contribution in [0.5, 0.6) is 0 Å². The van der Waals surface area contributed by atoms with E-state index in [0.29, 0.717) is 31.0 Å². The smallest absolute Gasteiger partial charge is 0.306 e. The van der Waals surface area contributed by atoms with E-state index in [1.54, 1.807) is 0 Å². The number of aliphatic imine (C=N–C) groups is 1. The van der Waals surface area contributed by atoms with Crippen molar-refractivity contribution in [3.05, 3.63) is 77.4 Å². The average molecular weight is 854 g/mol. The number of esters is 1. The standard InChI is InChI=1S/C52H67N5O4Si/c1-34(2)41(28-49(58)60-3)51(59)56-23-11-14-47(56)46-26-38(32-54-46)37-16-19-44(53-31-37)40-18-17-39(42-29-52(30-43(40)42)21-9-10-22-52)36-15-20-45-48(27-36)57(33-61-24-25-62(4,5)6)50(55-45)35-12-7-8-13-35/h15-20,27,31-32,34-35,41,47H,7-14,21-26,28-30,33H2,1-6H3/t41-,47-/m0/s1. The fourth-order valence-electron chi connectivity index (χ4n) is 11.4. The Morgan fingerprint density at radius 1 is 0.903 bits per heavy atom. The van der Waals surface area contributed by atoms with Crippen LogP contribution in [0.2, 0.25) is 25.7 Å². The van der Waals surface area contributed by atoms with Gasteiger partial charge in [0.15, 0.2) is 0 Å². The Morgan fingerprint density at radius 3 is 2.35 bits per heavy atom. The van der Waals surface area contributed by atoms with E-state index in [0.717, 1.165) is 66.4 Å². The zero-order chi connectivity index (χ0) is 43.2. The Balaban J connectivity index is 0.965. The Kier molecular flexibility index (Phi) is 12.2. The van der Waals surface area contributed by atoms with Crippen LogP contribution in [0.25, 0.3) is 39.0 Å². The molecule has 4 heterocycles. The van der Waals surface area contributed by atoms with Crippen LogP contribution in [0.1, 0.15) is 119 Å². The Bertz CT molecular complexity index is 2380. The lowest BCUT2D eigenvalue weighted by molar-refractivity contribution is -0.148. The molecule has 328 valence electrons. The van der Waals surface area contributed by atoms with E-state index >= 15 is 0 Å². The van der Waals surface area contributed by atoms with E-state index < -0.39 is 14.0 Å². The molecule has 2 aromatic heterocycles. The zero-order valence-corrected chi connectivity index (χ0v) is 39.1. The topological polar surface area (TPSA) is 98.9 Å². The molecule has 3 fully saturated rings. The van der Waals surface area contributed by atoms with Crippen LogP contribution in [0.3, 0.4) is 0 Å². The number of hydrogen-bond donors (Lipinski definition) is 0. The summed E-state index contributed by atoms with van der Waals surface area (Å²) in [6.07, 6.45) is 19.1. The molecule has 1 amide bonds. The van der Waals surface area contributed by atoms with Gasteiger partial charge >= 0.3 is 5.97 Å². The van der Waals surface area contributed by atoms with Crippen LogP contribution >= 0.6 is 0 Å². The fourth-order valence-corrected chi connectivity index (χ4v) is 12.2. The molecule has 2 atom stereocenters. The molecular formula is C52H67N5O4Si. The minimum atomic E-state index is -1.19. The summed E-state index contributed by atoms with van der Waals surface area (Å²) in [4.78, 5) is 43.3. The number of ether oxygens (including phenoxy) is 2. The number of hydrogen-bond acceptors (Lipinski definition) is 7. The molecule has 0 bridgehead atoms. The number of nitrogens with zero attached hydrogens (tertiary/aromatic N) is 5. The quantitative estimate of drug-likeness (QED) is 0.0712. The van der Waals surface area contributed by atoms with Crippen molar-refractivity contribution in [3.63, 3.8) is 0 Å². The SMILES string of the molecule is COC(=O)C[C@H](C(=O)N1CCC[C@H]1C1=NC=C(c2ccc(-c3ccc(-c4ccc5nc(C6CCCC6)n(COCC[Si](C)(C)C)c5c4)c4c3CC3(CCCC3)C4)nc2)C1)C(C)C. The summed E-state index contributed by atoms with van der Waals surface area (Å²) in [6.45, 7) is 13.3. The van der Waals surface area contributed by atoms with E-state index in [-0.39, 0.29) is 30.3 Å². The minimum Gasteiger partial charge on any atom is -0.469 e. The van der Waals surface area contributed by atoms with Gasteiger partial charge in [-0.15, -0.1) is 0 Å². The van der Waals surface area contributed by atoms with Crippen molar-refractivity contribution < 1.29 is 19.1 Å². The molecular weight excluding hydrogens is 787 g/mol. The number of amides is 1. The second-order valence-corrected chi connectivity index (χ2v) is 26.4. The molecule has 2 aliphatic heterocycles. The van der Waals surface area contributed by atoms with Crippen LogP contribution in [0, 0.1) is 17.3 Å². The van der Waals surface area contributed by atoms with Gasteiger partial charge in [0.25, 0.3) is 0 Å². The third-order valence-corrected chi connectivity index (χ3v) is 16.8. The van der Waals surface area contributed by atoms with Gasteiger partial charge in [-0.3, -0.25) is 19.6 Å². The van der Waals surface area contributed by atoms with Crippen LogP contribution in [-0.4, -0.2) is 71.4 Å². The Labute approximate surface area is 369 Å². The maximum Gasteiger partial charge on any atom is 0.306 e. The molecule has 0 radical (unpaired) electrons. The summed E-state index contributed by atoms with van der Waals surface area (Å²) in [5.74, 6) is 1.05.